The molecule has 2 fully saturated rings. The lowest BCUT2D eigenvalue weighted by Crippen LogP contribution is -2.45. The number of urea groups is 1. The minimum absolute atomic E-state index is 0.00382. The molecule has 0 spiro atoms. The van der Waals surface area contributed by atoms with Crippen molar-refractivity contribution in [1.82, 2.24) is 10.2 Å². The first kappa shape index (κ1) is 14.1. The Bertz CT molecular complexity index is 325. The largest absolute Gasteiger partial charge is 0.481 e. The van der Waals surface area contributed by atoms with Gasteiger partial charge in [-0.15, -0.1) is 0 Å². The molecule has 2 aliphatic rings. The van der Waals surface area contributed by atoms with Crippen molar-refractivity contribution in [3.63, 3.8) is 0 Å². The summed E-state index contributed by atoms with van der Waals surface area (Å²) in [4.78, 5) is 24.3. The lowest BCUT2D eigenvalue weighted by Gasteiger charge is -2.26. The summed E-state index contributed by atoms with van der Waals surface area (Å²) in [5.41, 5.74) is 0. The van der Waals surface area contributed by atoms with Crippen LogP contribution in [0.4, 0.5) is 4.79 Å². The third-order valence-electron chi connectivity index (χ3n) is 3.57. The van der Waals surface area contributed by atoms with Crippen LogP contribution in [0.15, 0.2) is 0 Å². The first-order valence-corrected chi connectivity index (χ1v) is 7.04. The van der Waals surface area contributed by atoms with Gasteiger partial charge in [-0.1, -0.05) is 0 Å². The fraction of sp³-hybridized carbons (Fsp3) is 0.846. The fourth-order valence-corrected chi connectivity index (χ4v) is 2.32. The highest BCUT2D eigenvalue weighted by molar-refractivity contribution is 5.76. The molecule has 1 heterocycles. The lowest BCUT2D eigenvalue weighted by atomic mass is 10.1. The summed E-state index contributed by atoms with van der Waals surface area (Å²) in [6.07, 6.45) is 5.30. The maximum Gasteiger partial charge on any atom is 0.317 e. The van der Waals surface area contributed by atoms with Crippen molar-refractivity contribution in [2.24, 2.45) is 0 Å². The Morgan fingerprint density at radius 2 is 2.05 bits per heavy atom. The number of hydrogen-bond donors (Lipinski definition) is 2. The molecule has 108 valence electrons. The molecule has 2 N–H and O–H groups in total. The van der Waals surface area contributed by atoms with Gasteiger partial charge in [0.2, 0.25) is 0 Å². The number of carbonyl (C=O) groups excluding carboxylic acids is 1. The summed E-state index contributed by atoms with van der Waals surface area (Å²) in [6, 6.07) is 0.0737. The molecule has 1 atom stereocenters. The van der Waals surface area contributed by atoms with Crippen molar-refractivity contribution in [1.29, 1.82) is 0 Å². The molecular formula is C13H22N2O4. The molecule has 1 aliphatic carbocycles. The molecule has 6 heteroatoms. The van der Waals surface area contributed by atoms with Gasteiger partial charge in [0.1, 0.15) is 0 Å². The minimum Gasteiger partial charge on any atom is -0.481 e. The molecule has 1 saturated heterocycles. The van der Waals surface area contributed by atoms with E-state index in [4.69, 9.17) is 9.84 Å². The zero-order chi connectivity index (χ0) is 13.7. The number of nitrogens with one attached hydrogen (secondary N) is 1. The summed E-state index contributed by atoms with van der Waals surface area (Å²) in [5, 5.41) is 11.6. The van der Waals surface area contributed by atoms with Crippen molar-refractivity contribution in [3.8, 4) is 0 Å². The monoisotopic (exact) mass is 270 g/mol. The standard InChI is InChI=1S/C13H22N2O4/c16-12(17)6-7-15(10-4-5-10)13(18)14-9-11-3-1-2-8-19-11/h10-11H,1-9H2,(H,14,18)(H,16,17). The third kappa shape index (κ3) is 4.70. The van der Waals surface area contributed by atoms with E-state index >= 15 is 0 Å². The van der Waals surface area contributed by atoms with Crippen LogP contribution in [0.25, 0.3) is 0 Å². The van der Waals surface area contributed by atoms with Crippen LogP contribution in [0.2, 0.25) is 0 Å². The highest BCUT2D eigenvalue weighted by atomic mass is 16.5. The number of carboxylic acid groups (broad SMARTS) is 1. The summed E-state index contributed by atoms with van der Waals surface area (Å²) >= 11 is 0. The van der Waals surface area contributed by atoms with Crippen LogP contribution >= 0.6 is 0 Å². The van der Waals surface area contributed by atoms with E-state index in [1.807, 2.05) is 0 Å². The van der Waals surface area contributed by atoms with E-state index in [9.17, 15) is 9.59 Å². The number of aliphatic carboxylic acids is 1. The Kier molecular flexibility index (Phi) is 5.01. The highest BCUT2D eigenvalue weighted by Gasteiger charge is 2.32. The first-order valence-electron chi connectivity index (χ1n) is 7.04. The molecule has 0 aromatic carbocycles. The first-order chi connectivity index (χ1) is 9.16. The van der Waals surface area contributed by atoms with Gasteiger partial charge in [0.25, 0.3) is 0 Å². The van der Waals surface area contributed by atoms with Gasteiger partial charge in [-0.05, 0) is 32.1 Å². The van der Waals surface area contributed by atoms with E-state index in [0.29, 0.717) is 6.54 Å². The molecular weight excluding hydrogens is 248 g/mol. The average Bonchev–Trinajstić information content (AvgIpc) is 3.22. The number of rotatable bonds is 6. The Balaban J connectivity index is 1.73. The summed E-state index contributed by atoms with van der Waals surface area (Å²) < 4.78 is 5.56. The second-order valence-electron chi connectivity index (χ2n) is 5.24. The van der Waals surface area contributed by atoms with Crippen LogP contribution < -0.4 is 5.32 Å². The molecule has 0 radical (unpaired) electrons. The molecule has 0 aromatic rings. The van der Waals surface area contributed by atoms with Crippen molar-refractivity contribution < 1.29 is 19.4 Å². The van der Waals surface area contributed by atoms with Gasteiger partial charge < -0.3 is 20.1 Å². The Morgan fingerprint density at radius 1 is 1.26 bits per heavy atom. The van der Waals surface area contributed by atoms with Gasteiger partial charge in [0.15, 0.2) is 0 Å². The van der Waals surface area contributed by atoms with E-state index in [-0.39, 0.29) is 31.1 Å². The van der Waals surface area contributed by atoms with E-state index in [2.05, 4.69) is 5.32 Å². The second-order valence-corrected chi connectivity index (χ2v) is 5.24. The van der Waals surface area contributed by atoms with Crippen molar-refractivity contribution >= 4 is 12.0 Å². The smallest absolute Gasteiger partial charge is 0.317 e. The molecule has 19 heavy (non-hydrogen) atoms. The van der Waals surface area contributed by atoms with Crippen LogP contribution in [0.5, 0.6) is 0 Å². The van der Waals surface area contributed by atoms with Gasteiger partial charge in [0, 0.05) is 25.7 Å². The number of hydrogen-bond acceptors (Lipinski definition) is 3. The van der Waals surface area contributed by atoms with Crippen LogP contribution in [-0.4, -0.2) is 53.8 Å². The zero-order valence-corrected chi connectivity index (χ0v) is 11.1. The van der Waals surface area contributed by atoms with Crippen molar-refractivity contribution in [2.45, 2.75) is 50.7 Å². The highest BCUT2D eigenvalue weighted by Crippen LogP contribution is 2.27. The van der Waals surface area contributed by atoms with Crippen molar-refractivity contribution in [3.05, 3.63) is 0 Å². The van der Waals surface area contributed by atoms with Gasteiger partial charge in [-0.3, -0.25) is 4.79 Å². The Hall–Kier alpha value is -1.30. The maximum atomic E-state index is 12.0. The molecule has 1 unspecified atom stereocenters. The molecule has 0 aromatic heterocycles. The molecule has 1 saturated carbocycles. The SMILES string of the molecule is O=C(O)CCN(C(=O)NCC1CCCCO1)C1CC1. The van der Waals surface area contributed by atoms with E-state index in [1.54, 1.807) is 4.90 Å². The quantitative estimate of drug-likeness (QED) is 0.760. The Morgan fingerprint density at radius 3 is 2.63 bits per heavy atom. The normalized spacial score (nSPS) is 22.8. The number of ether oxygens (including phenoxy) is 1. The third-order valence-corrected chi connectivity index (χ3v) is 3.57. The molecule has 2 amide bonds. The molecule has 2 rings (SSSR count). The van der Waals surface area contributed by atoms with Crippen molar-refractivity contribution in [2.75, 3.05) is 19.7 Å². The second kappa shape index (κ2) is 6.75. The average molecular weight is 270 g/mol. The van der Waals surface area contributed by atoms with Gasteiger partial charge in [-0.25, -0.2) is 4.79 Å². The topological polar surface area (TPSA) is 78.9 Å². The maximum absolute atomic E-state index is 12.0. The van der Waals surface area contributed by atoms with Crippen LogP contribution in [0.3, 0.4) is 0 Å². The number of nitrogens with zero attached hydrogens (tertiary/aromatic N) is 1. The Labute approximate surface area is 113 Å². The van der Waals surface area contributed by atoms with E-state index in [0.717, 1.165) is 38.7 Å². The number of carbonyl (C=O) groups is 2. The van der Waals surface area contributed by atoms with Crippen LogP contribution in [0.1, 0.15) is 38.5 Å². The van der Waals surface area contributed by atoms with E-state index in [1.165, 1.54) is 0 Å². The summed E-state index contributed by atoms with van der Waals surface area (Å²) in [5.74, 6) is -0.867. The zero-order valence-electron chi connectivity index (χ0n) is 11.1. The lowest BCUT2D eigenvalue weighted by molar-refractivity contribution is -0.137. The number of amides is 2. The number of carboxylic acids is 1. The fourth-order valence-electron chi connectivity index (χ4n) is 2.32. The molecule has 1 aliphatic heterocycles. The predicted octanol–water partition coefficient (Wildman–Crippen LogP) is 1.20. The molecule has 0 bridgehead atoms. The van der Waals surface area contributed by atoms with Crippen LogP contribution in [0, 0.1) is 0 Å². The minimum atomic E-state index is -0.867. The van der Waals surface area contributed by atoms with Crippen LogP contribution in [-0.2, 0) is 9.53 Å². The van der Waals surface area contributed by atoms with E-state index < -0.39 is 5.97 Å². The summed E-state index contributed by atoms with van der Waals surface area (Å²) in [6.45, 7) is 1.58. The molecule has 6 nitrogen and oxygen atoms in total. The summed E-state index contributed by atoms with van der Waals surface area (Å²) in [7, 11) is 0. The van der Waals surface area contributed by atoms with Gasteiger partial charge in [0.05, 0.1) is 12.5 Å². The van der Waals surface area contributed by atoms with Gasteiger partial charge >= 0.3 is 12.0 Å². The predicted molar refractivity (Wildman–Crippen MR) is 69.0 cm³/mol. The van der Waals surface area contributed by atoms with Gasteiger partial charge in [-0.2, -0.15) is 0 Å².